The van der Waals surface area contributed by atoms with Crippen molar-refractivity contribution in [3.05, 3.63) is 77.4 Å². The van der Waals surface area contributed by atoms with Gasteiger partial charge in [0.05, 0.1) is 12.7 Å². The lowest BCUT2D eigenvalue weighted by Crippen LogP contribution is -2.42. The predicted molar refractivity (Wildman–Crippen MR) is 110 cm³/mol. The normalized spacial score (nSPS) is 16.8. The number of rotatable bonds is 4. The van der Waals surface area contributed by atoms with Crippen molar-refractivity contribution in [3.63, 3.8) is 0 Å². The van der Waals surface area contributed by atoms with Crippen molar-refractivity contribution in [2.45, 2.75) is 12.7 Å². The van der Waals surface area contributed by atoms with Crippen LogP contribution in [0.3, 0.4) is 0 Å². The molecule has 2 aliphatic heterocycles. The third-order valence-electron chi connectivity index (χ3n) is 5.33. The minimum atomic E-state index is -0.463. The summed E-state index contributed by atoms with van der Waals surface area (Å²) in [4.78, 5) is 15.1. The molecule has 152 valence electrons. The average Bonchev–Trinajstić information content (AvgIpc) is 3.23. The van der Waals surface area contributed by atoms with E-state index in [0.717, 1.165) is 16.8 Å². The number of hydrogen-bond acceptors (Lipinski definition) is 6. The number of phenolic OH excluding ortho intramolecular Hbond substituents is 1. The molecule has 2 N–H and O–H groups in total. The molecule has 7 nitrogen and oxygen atoms in total. The summed E-state index contributed by atoms with van der Waals surface area (Å²) in [6.07, 6.45) is -0.463. The number of carbonyl (C=O) groups excluding carboxylic acids is 1. The van der Waals surface area contributed by atoms with Crippen molar-refractivity contribution >= 4 is 11.6 Å². The Morgan fingerprint density at radius 3 is 2.77 bits per heavy atom. The Hall–Kier alpha value is -3.87. The molecule has 5 rings (SSSR count). The fourth-order valence-electron chi connectivity index (χ4n) is 3.83. The first kappa shape index (κ1) is 18.2. The van der Waals surface area contributed by atoms with Gasteiger partial charge in [0.15, 0.2) is 23.0 Å². The Balaban J connectivity index is 1.54. The highest BCUT2D eigenvalue weighted by atomic mass is 16.7. The van der Waals surface area contributed by atoms with Gasteiger partial charge in [0.1, 0.15) is 6.17 Å². The Bertz CT molecular complexity index is 1130. The summed E-state index contributed by atoms with van der Waals surface area (Å²) in [6.45, 7) is 0.554. The number of ether oxygens (including phenoxy) is 3. The van der Waals surface area contributed by atoms with Crippen LogP contribution in [-0.4, -0.2) is 29.8 Å². The standard InChI is InChI=1S/C23H20N2O5/c1-28-19-9-7-15(11-18(19)26)22-24-17-5-3-2-4-16(17)23(27)25(22)12-14-6-8-20-21(10-14)30-13-29-20/h2-11,22,24,26H,12-13H2,1H3/t22-/m0/s1. The summed E-state index contributed by atoms with van der Waals surface area (Å²) in [5.41, 5.74) is 3.02. The molecule has 0 saturated carbocycles. The van der Waals surface area contributed by atoms with E-state index in [4.69, 9.17) is 14.2 Å². The van der Waals surface area contributed by atoms with Gasteiger partial charge in [-0.1, -0.05) is 24.3 Å². The highest BCUT2D eigenvalue weighted by molar-refractivity contribution is 6.01. The van der Waals surface area contributed by atoms with Gasteiger partial charge in [-0.05, 0) is 47.5 Å². The molecule has 0 bridgehead atoms. The molecule has 2 aliphatic rings. The number of anilines is 1. The molecular formula is C23H20N2O5. The first-order valence-corrected chi connectivity index (χ1v) is 9.56. The van der Waals surface area contributed by atoms with Crippen molar-refractivity contribution in [3.8, 4) is 23.0 Å². The molecule has 3 aromatic carbocycles. The van der Waals surface area contributed by atoms with E-state index in [0.29, 0.717) is 29.4 Å². The van der Waals surface area contributed by atoms with Gasteiger partial charge in [-0.2, -0.15) is 0 Å². The zero-order chi connectivity index (χ0) is 20.7. The number of benzene rings is 3. The molecule has 7 heteroatoms. The monoisotopic (exact) mass is 404 g/mol. The van der Waals surface area contributed by atoms with E-state index in [-0.39, 0.29) is 18.4 Å². The van der Waals surface area contributed by atoms with E-state index < -0.39 is 6.17 Å². The number of nitrogens with zero attached hydrogens (tertiary/aromatic N) is 1. The highest BCUT2D eigenvalue weighted by Gasteiger charge is 2.33. The van der Waals surface area contributed by atoms with E-state index in [1.807, 2.05) is 42.5 Å². The number of fused-ring (bicyclic) bond motifs is 2. The van der Waals surface area contributed by atoms with Crippen LogP contribution in [0.15, 0.2) is 60.7 Å². The molecule has 30 heavy (non-hydrogen) atoms. The Morgan fingerprint density at radius 1 is 1.10 bits per heavy atom. The van der Waals surface area contributed by atoms with Crippen LogP contribution in [0.25, 0.3) is 0 Å². The van der Waals surface area contributed by atoms with Crippen molar-refractivity contribution in [2.24, 2.45) is 0 Å². The predicted octanol–water partition coefficient (Wildman–Crippen LogP) is 3.90. The quantitative estimate of drug-likeness (QED) is 0.687. The van der Waals surface area contributed by atoms with Gasteiger partial charge in [0.25, 0.3) is 5.91 Å². The molecule has 0 fully saturated rings. The van der Waals surface area contributed by atoms with Crippen LogP contribution in [0.2, 0.25) is 0 Å². The number of amides is 1. The van der Waals surface area contributed by atoms with Gasteiger partial charge in [0.2, 0.25) is 6.79 Å². The molecular weight excluding hydrogens is 384 g/mol. The Labute approximate surface area is 173 Å². The third kappa shape index (κ3) is 3.04. The van der Waals surface area contributed by atoms with Gasteiger partial charge < -0.3 is 29.5 Å². The smallest absolute Gasteiger partial charge is 0.258 e. The molecule has 0 spiro atoms. The van der Waals surface area contributed by atoms with Gasteiger partial charge in [-0.3, -0.25) is 4.79 Å². The van der Waals surface area contributed by atoms with Crippen molar-refractivity contribution in [2.75, 3.05) is 19.2 Å². The maximum absolute atomic E-state index is 13.4. The molecule has 2 heterocycles. The lowest BCUT2D eigenvalue weighted by atomic mass is 10.0. The maximum Gasteiger partial charge on any atom is 0.258 e. The second-order valence-corrected chi connectivity index (χ2v) is 7.14. The number of aromatic hydroxyl groups is 1. The average molecular weight is 404 g/mol. The van der Waals surface area contributed by atoms with Crippen LogP contribution in [0.5, 0.6) is 23.0 Å². The number of methoxy groups -OCH3 is 1. The molecule has 3 aromatic rings. The van der Waals surface area contributed by atoms with Crippen molar-refractivity contribution in [1.82, 2.24) is 4.90 Å². The zero-order valence-electron chi connectivity index (χ0n) is 16.3. The molecule has 1 atom stereocenters. The van der Waals surface area contributed by atoms with Crippen molar-refractivity contribution < 1.29 is 24.1 Å². The summed E-state index contributed by atoms with van der Waals surface area (Å²) < 4.78 is 16.0. The molecule has 1 amide bonds. The number of hydrogen-bond donors (Lipinski definition) is 2. The molecule has 0 aromatic heterocycles. The number of carbonyl (C=O) groups is 1. The summed E-state index contributed by atoms with van der Waals surface area (Å²) in [5, 5.41) is 13.7. The number of para-hydroxylation sites is 1. The summed E-state index contributed by atoms with van der Waals surface area (Å²) in [7, 11) is 1.50. The number of nitrogens with one attached hydrogen (secondary N) is 1. The molecule has 0 saturated heterocycles. The van der Waals surface area contributed by atoms with Crippen LogP contribution in [0, 0.1) is 0 Å². The maximum atomic E-state index is 13.4. The lowest BCUT2D eigenvalue weighted by Gasteiger charge is -2.38. The van der Waals surface area contributed by atoms with Gasteiger partial charge in [0, 0.05) is 12.2 Å². The molecule has 0 aliphatic carbocycles. The van der Waals surface area contributed by atoms with Gasteiger partial charge in [-0.15, -0.1) is 0 Å². The summed E-state index contributed by atoms with van der Waals surface area (Å²) >= 11 is 0. The fraction of sp³-hybridized carbons (Fsp3) is 0.174. The van der Waals surface area contributed by atoms with Gasteiger partial charge in [-0.25, -0.2) is 0 Å². The summed E-state index contributed by atoms with van der Waals surface area (Å²) in [6, 6.07) is 18.2. The van der Waals surface area contributed by atoms with Crippen LogP contribution in [0.4, 0.5) is 5.69 Å². The minimum Gasteiger partial charge on any atom is -0.504 e. The van der Waals surface area contributed by atoms with E-state index in [2.05, 4.69) is 5.32 Å². The highest BCUT2D eigenvalue weighted by Crippen LogP contribution is 2.38. The Morgan fingerprint density at radius 2 is 1.93 bits per heavy atom. The van der Waals surface area contributed by atoms with E-state index in [9.17, 15) is 9.90 Å². The van der Waals surface area contributed by atoms with Crippen LogP contribution < -0.4 is 19.5 Å². The van der Waals surface area contributed by atoms with E-state index >= 15 is 0 Å². The molecule has 0 radical (unpaired) electrons. The second-order valence-electron chi connectivity index (χ2n) is 7.14. The zero-order valence-corrected chi connectivity index (χ0v) is 16.3. The second kappa shape index (κ2) is 7.18. The van der Waals surface area contributed by atoms with Crippen molar-refractivity contribution in [1.29, 1.82) is 0 Å². The molecule has 0 unspecified atom stereocenters. The lowest BCUT2D eigenvalue weighted by molar-refractivity contribution is 0.0666. The van der Waals surface area contributed by atoms with Crippen LogP contribution in [0.1, 0.15) is 27.7 Å². The SMILES string of the molecule is COc1ccc([C@H]2Nc3ccccc3C(=O)N2Cc2ccc3c(c2)OCO3)cc1O. The first-order chi connectivity index (χ1) is 14.6. The Kier molecular flexibility index (Phi) is 4.35. The van der Waals surface area contributed by atoms with Crippen LogP contribution >= 0.6 is 0 Å². The van der Waals surface area contributed by atoms with Gasteiger partial charge >= 0.3 is 0 Å². The van der Waals surface area contributed by atoms with E-state index in [1.54, 1.807) is 23.1 Å². The fourth-order valence-corrected chi connectivity index (χ4v) is 3.83. The summed E-state index contributed by atoms with van der Waals surface area (Å²) in [5.74, 6) is 1.67. The third-order valence-corrected chi connectivity index (χ3v) is 5.33. The van der Waals surface area contributed by atoms with E-state index in [1.165, 1.54) is 7.11 Å². The first-order valence-electron chi connectivity index (χ1n) is 9.56. The minimum absolute atomic E-state index is 0.0196. The topological polar surface area (TPSA) is 80.3 Å². The number of phenols is 1. The largest absolute Gasteiger partial charge is 0.504 e. The van der Waals surface area contributed by atoms with Crippen LogP contribution in [-0.2, 0) is 6.54 Å².